The van der Waals surface area contributed by atoms with Crippen molar-refractivity contribution >= 4 is 10.0 Å². The maximum absolute atomic E-state index is 13.9. The molecule has 0 spiro atoms. The Labute approximate surface area is 158 Å². The molecule has 2 aromatic carbocycles. The molecule has 0 heterocycles. The lowest BCUT2D eigenvalue weighted by Crippen LogP contribution is -2.38. The molecule has 0 saturated carbocycles. The molecule has 1 aliphatic carbocycles. The molecule has 0 amide bonds. The highest BCUT2D eigenvalue weighted by atomic mass is 32.2. The summed E-state index contributed by atoms with van der Waals surface area (Å²) >= 11 is 0. The number of aryl methyl sites for hydroxylation is 1. The third kappa shape index (κ3) is 4.27. The van der Waals surface area contributed by atoms with Gasteiger partial charge < -0.3 is 0 Å². The highest BCUT2D eigenvalue weighted by molar-refractivity contribution is 7.89. The third-order valence-electron chi connectivity index (χ3n) is 4.58. The molecule has 3 nitrogen and oxygen atoms in total. The van der Waals surface area contributed by atoms with Crippen molar-refractivity contribution in [2.45, 2.75) is 31.2 Å². The van der Waals surface area contributed by atoms with Crippen molar-refractivity contribution in [2.75, 3.05) is 0 Å². The third-order valence-corrected chi connectivity index (χ3v) is 6.33. The summed E-state index contributed by atoms with van der Waals surface area (Å²) in [5, 5.41) is 0. The molecular formula is C21H21F2NO2S. The highest BCUT2D eigenvalue weighted by Crippen LogP contribution is 2.34. The van der Waals surface area contributed by atoms with Crippen LogP contribution in [0.4, 0.5) is 8.78 Å². The zero-order chi connectivity index (χ0) is 19.4. The normalized spacial score (nSPS) is 17.0. The molecular weight excluding hydrogens is 368 g/mol. The van der Waals surface area contributed by atoms with E-state index in [1.807, 2.05) is 43.3 Å². The van der Waals surface area contributed by atoms with Crippen LogP contribution in [0.3, 0.4) is 0 Å². The van der Waals surface area contributed by atoms with E-state index < -0.39 is 16.6 Å². The Morgan fingerprint density at radius 2 is 1.74 bits per heavy atom. The van der Waals surface area contributed by atoms with E-state index in [1.54, 1.807) is 18.2 Å². The fraction of sp³-hybridized carbons (Fsp3) is 0.238. The second-order valence-corrected chi connectivity index (χ2v) is 8.35. The van der Waals surface area contributed by atoms with Crippen LogP contribution in [0.15, 0.2) is 83.4 Å². The lowest BCUT2D eigenvalue weighted by Gasteiger charge is -2.32. The molecule has 0 fully saturated rings. The summed E-state index contributed by atoms with van der Waals surface area (Å²) in [5.74, 6) is -0.341. The van der Waals surface area contributed by atoms with E-state index in [-0.39, 0.29) is 20.8 Å². The molecule has 0 saturated heterocycles. The summed E-state index contributed by atoms with van der Waals surface area (Å²) in [6, 6.07) is 15.4. The van der Waals surface area contributed by atoms with Crippen LogP contribution in [0.5, 0.6) is 0 Å². The van der Waals surface area contributed by atoms with E-state index in [9.17, 15) is 17.2 Å². The van der Waals surface area contributed by atoms with Crippen LogP contribution in [0.25, 0.3) is 0 Å². The largest absolute Gasteiger partial charge is 0.327 e. The van der Waals surface area contributed by atoms with Crippen molar-refractivity contribution in [3.63, 3.8) is 0 Å². The van der Waals surface area contributed by atoms with E-state index in [4.69, 9.17) is 0 Å². The minimum Gasteiger partial charge on any atom is -0.210 e. The Morgan fingerprint density at radius 3 is 2.37 bits per heavy atom. The van der Waals surface area contributed by atoms with Crippen LogP contribution in [-0.2, 0) is 16.4 Å². The van der Waals surface area contributed by atoms with Gasteiger partial charge in [0.25, 0.3) is 10.0 Å². The second-order valence-electron chi connectivity index (χ2n) is 6.53. The van der Waals surface area contributed by atoms with Gasteiger partial charge in [0.1, 0.15) is 0 Å². The molecule has 1 unspecified atom stereocenters. The van der Waals surface area contributed by atoms with Crippen LogP contribution in [0.2, 0.25) is 0 Å². The maximum atomic E-state index is 13.9. The molecule has 0 radical (unpaired) electrons. The van der Waals surface area contributed by atoms with Crippen LogP contribution in [0.1, 0.15) is 17.5 Å². The van der Waals surface area contributed by atoms with Crippen molar-refractivity contribution < 1.29 is 17.2 Å². The summed E-state index contributed by atoms with van der Waals surface area (Å²) in [5.41, 5.74) is 1.96. The first-order valence-electron chi connectivity index (χ1n) is 8.69. The zero-order valence-corrected chi connectivity index (χ0v) is 15.7. The predicted molar refractivity (Wildman–Crippen MR) is 102 cm³/mol. The summed E-state index contributed by atoms with van der Waals surface area (Å²) in [7, 11) is -4.36. The number of hydrogen-bond acceptors (Lipinski definition) is 2. The first-order chi connectivity index (χ1) is 12.9. The number of alkyl halides is 2. The topological polar surface area (TPSA) is 37.4 Å². The fourth-order valence-corrected chi connectivity index (χ4v) is 4.59. The van der Waals surface area contributed by atoms with Gasteiger partial charge in [-0.3, -0.25) is 0 Å². The van der Waals surface area contributed by atoms with Gasteiger partial charge >= 0.3 is 6.55 Å². The highest BCUT2D eigenvalue weighted by Gasteiger charge is 2.36. The SMILES string of the molecule is Cc1ccc(S(=O)(=O)N(C2=CC=CCC2Cc2ccccc2)C(F)F)cc1. The number of allylic oxidation sites excluding steroid dienone is 4. The van der Waals surface area contributed by atoms with Crippen molar-refractivity contribution in [1.29, 1.82) is 0 Å². The number of hydrogen-bond donors (Lipinski definition) is 0. The van der Waals surface area contributed by atoms with Gasteiger partial charge in [0.2, 0.25) is 0 Å². The molecule has 142 valence electrons. The molecule has 6 heteroatoms. The Hall–Kier alpha value is -2.47. The molecule has 0 aromatic heterocycles. The maximum Gasteiger partial charge on any atom is 0.327 e. The molecule has 0 bridgehead atoms. The van der Waals surface area contributed by atoms with Gasteiger partial charge in [0.05, 0.1) is 4.90 Å². The van der Waals surface area contributed by atoms with Crippen molar-refractivity contribution in [2.24, 2.45) is 5.92 Å². The minimum absolute atomic E-state index is 0.122. The molecule has 3 rings (SSSR count). The number of nitrogens with zero attached hydrogens (tertiary/aromatic N) is 1. The zero-order valence-electron chi connectivity index (χ0n) is 14.9. The Bertz CT molecular complexity index is 936. The Morgan fingerprint density at radius 1 is 1.07 bits per heavy atom. The van der Waals surface area contributed by atoms with E-state index in [0.29, 0.717) is 12.8 Å². The van der Waals surface area contributed by atoms with Gasteiger partial charge in [0, 0.05) is 11.6 Å². The molecule has 0 aliphatic heterocycles. The van der Waals surface area contributed by atoms with Gasteiger partial charge in [-0.1, -0.05) is 60.2 Å². The quantitative estimate of drug-likeness (QED) is 0.658. The number of sulfonamides is 1. The van der Waals surface area contributed by atoms with Crippen molar-refractivity contribution in [3.8, 4) is 0 Å². The summed E-state index contributed by atoms with van der Waals surface area (Å²) in [6.45, 7) is -1.35. The summed E-state index contributed by atoms with van der Waals surface area (Å²) in [6.07, 6.45) is 5.99. The van der Waals surface area contributed by atoms with Gasteiger partial charge in [-0.05, 0) is 43.5 Å². The first-order valence-corrected chi connectivity index (χ1v) is 10.1. The van der Waals surface area contributed by atoms with Gasteiger partial charge in [-0.2, -0.15) is 8.78 Å². The molecule has 2 aromatic rings. The molecule has 0 N–H and O–H groups in total. The van der Waals surface area contributed by atoms with E-state index in [0.717, 1.165) is 11.1 Å². The van der Waals surface area contributed by atoms with Crippen molar-refractivity contribution in [3.05, 3.63) is 89.6 Å². The van der Waals surface area contributed by atoms with Crippen molar-refractivity contribution in [1.82, 2.24) is 4.31 Å². The Balaban J connectivity index is 1.98. The monoisotopic (exact) mass is 389 g/mol. The minimum atomic E-state index is -4.36. The standard InChI is InChI=1S/C21H21F2NO2S/c1-16-11-13-19(14-12-16)27(25,26)24(21(22)23)20-10-6-5-9-18(20)15-17-7-3-2-4-8-17/h2-8,10-14,18,21H,9,15H2,1H3. The second kappa shape index (κ2) is 8.05. The number of halogens is 2. The van der Waals surface area contributed by atoms with Gasteiger partial charge in [0.15, 0.2) is 0 Å². The van der Waals surface area contributed by atoms with Gasteiger partial charge in [-0.25, -0.2) is 12.7 Å². The summed E-state index contributed by atoms with van der Waals surface area (Å²) < 4.78 is 54.1. The smallest absolute Gasteiger partial charge is 0.210 e. The number of benzene rings is 2. The van der Waals surface area contributed by atoms with Crippen LogP contribution in [-0.4, -0.2) is 19.3 Å². The first kappa shape index (κ1) is 19.3. The lowest BCUT2D eigenvalue weighted by atomic mass is 9.90. The van der Waals surface area contributed by atoms with Crippen LogP contribution in [0, 0.1) is 12.8 Å². The van der Waals surface area contributed by atoms with E-state index >= 15 is 0 Å². The molecule has 1 aliphatic rings. The van der Waals surface area contributed by atoms with Gasteiger partial charge in [-0.15, -0.1) is 0 Å². The lowest BCUT2D eigenvalue weighted by molar-refractivity contribution is 0.0441. The molecule has 1 atom stereocenters. The average Bonchev–Trinajstić information content (AvgIpc) is 2.64. The van der Waals surface area contributed by atoms with Crippen LogP contribution >= 0.6 is 0 Å². The average molecular weight is 389 g/mol. The Kier molecular flexibility index (Phi) is 5.75. The van der Waals surface area contributed by atoms with Crippen LogP contribution < -0.4 is 0 Å². The van der Waals surface area contributed by atoms with E-state index in [1.165, 1.54) is 18.2 Å². The predicted octanol–water partition coefficient (Wildman–Crippen LogP) is 4.91. The summed E-state index contributed by atoms with van der Waals surface area (Å²) in [4.78, 5) is -0.137. The fourth-order valence-electron chi connectivity index (χ4n) is 3.19. The molecule has 27 heavy (non-hydrogen) atoms. The number of rotatable bonds is 6. The van der Waals surface area contributed by atoms with E-state index in [2.05, 4.69) is 0 Å².